The molecule has 0 saturated carbocycles. The van der Waals surface area contributed by atoms with Crippen LogP contribution in [0, 0.1) is 26.6 Å². The summed E-state index contributed by atoms with van der Waals surface area (Å²) in [5.41, 5.74) is 4.12. The Balaban J connectivity index is 1.45. The summed E-state index contributed by atoms with van der Waals surface area (Å²) in [6, 6.07) is 15.0. The minimum absolute atomic E-state index is 0.166. The van der Waals surface area contributed by atoms with Crippen molar-refractivity contribution in [2.24, 2.45) is 0 Å². The number of rotatable bonds is 5. The Bertz CT molecular complexity index is 1230. The molecule has 0 aliphatic heterocycles. The second kappa shape index (κ2) is 8.35. The normalized spacial score (nSPS) is 10.7. The Hall–Kier alpha value is -4.07. The summed E-state index contributed by atoms with van der Waals surface area (Å²) in [4.78, 5) is 16.9. The van der Waals surface area contributed by atoms with Crippen molar-refractivity contribution in [2.45, 2.75) is 20.8 Å². The number of hydrogen-bond acceptors (Lipinski definition) is 5. The van der Waals surface area contributed by atoms with E-state index in [9.17, 15) is 9.18 Å². The summed E-state index contributed by atoms with van der Waals surface area (Å²) >= 11 is 0. The van der Waals surface area contributed by atoms with Crippen LogP contribution in [0.3, 0.4) is 0 Å². The van der Waals surface area contributed by atoms with Crippen molar-refractivity contribution in [1.82, 2.24) is 20.0 Å². The number of benzene rings is 2. The van der Waals surface area contributed by atoms with Crippen LogP contribution in [0.15, 0.2) is 60.8 Å². The summed E-state index contributed by atoms with van der Waals surface area (Å²) in [5.74, 6) is 0.340. The number of halogens is 1. The maximum absolute atomic E-state index is 13.1. The Morgan fingerprint density at radius 2 is 1.77 bits per heavy atom. The van der Waals surface area contributed by atoms with Gasteiger partial charge in [-0.1, -0.05) is 11.3 Å². The number of hydrogen-bond donors (Lipinski definition) is 1. The van der Waals surface area contributed by atoms with Crippen molar-refractivity contribution < 1.29 is 13.9 Å². The molecular weight excluding hydrogens is 397 g/mol. The van der Waals surface area contributed by atoms with Crippen LogP contribution in [-0.4, -0.2) is 25.9 Å². The molecule has 0 radical (unpaired) electrons. The average molecular weight is 417 g/mol. The van der Waals surface area contributed by atoms with Gasteiger partial charge in [-0.25, -0.2) is 14.1 Å². The van der Waals surface area contributed by atoms with Crippen LogP contribution in [0.25, 0.3) is 5.69 Å². The highest BCUT2D eigenvalue weighted by atomic mass is 19.1. The Morgan fingerprint density at radius 1 is 1.00 bits per heavy atom. The molecule has 0 aliphatic carbocycles. The summed E-state index contributed by atoms with van der Waals surface area (Å²) in [7, 11) is 0. The lowest BCUT2D eigenvalue weighted by Crippen LogP contribution is -2.14. The monoisotopic (exact) mass is 417 g/mol. The molecular formula is C23H20FN5O2. The van der Waals surface area contributed by atoms with E-state index in [1.54, 1.807) is 31.2 Å². The zero-order valence-corrected chi connectivity index (χ0v) is 17.3. The first-order valence-electron chi connectivity index (χ1n) is 9.61. The van der Waals surface area contributed by atoms with Crippen LogP contribution >= 0.6 is 0 Å². The Kier molecular flexibility index (Phi) is 5.44. The second-order valence-electron chi connectivity index (χ2n) is 7.10. The standard InChI is InChI=1S/C23H20FN5O2/c1-14-4-10-20(12-15(14)2)31-21-11-7-18(13-25-21)26-23(30)22-16(3)29(28-27-22)19-8-5-17(24)6-9-19/h4-13H,1-3H3,(H,26,30). The third-order valence-electron chi connectivity index (χ3n) is 4.88. The van der Waals surface area contributed by atoms with Crippen molar-refractivity contribution >= 4 is 11.6 Å². The van der Waals surface area contributed by atoms with Gasteiger partial charge in [0.1, 0.15) is 11.6 Å². The molecule has 0 unspecified atom stereocenters. The minimum atomic E-state index is -0.421. The number of anilines is 1. The largest absolute Gasteiger partial charge is 0.439 e. The molecule has 7 nitrogen and oxygen atoms in total. The van der Waals surface area contributed by atoms with Gasteiger partial charge in [0.15, 0.2) is 5.69 Å². The molecule has 1 N–H and O–H groups in total. The molecule has 0 bridgehead atoms. The van der Waals surface area contributed by atoms with Gasteiger partial charge < -0.3 is 10.1 Å². The van der Waals surface area contributed by atoms with E-state index in [2.05, 4.69) is 20.6 Å². The number of ether oxygens (including phenoxy) is 1. The fourth-order valence-corrected chi connectivity index (χ4v) is 2.97. The van der Waals surface area contributed by atoms with Crippen LogP contribution in [0.5, 0.6) is 11.6 Å². The molecule has 0 saturated heterocycles. The van der Waals surface area contributed by atoms with Gasteiger partial charge in [0.25, 0.3) is 5.91 Å². The summed E-state index contributed by atoms with van der Waals surface area (Å²) in [5, 5.41) is 10.7. The lowest BCUT2D eigenvalue weighted by molar-refractivity contribution is 0.102. The van der Waals surface area contributed by atoms with Crippen LogP contribution < -0.4 is 10.1 Å². The maximum Gasteiger partial charge on any atom is 0.278 e. The Labute approximate surface area is 178 Å². The fraction of sp³-hybridized carbons (Fsp3) is 0.130. The highest BCUT2D eigenvalue weighted by molar-refractivity contribution is 6.03. The lowest BCUT2D eigenvalue weighted by atomic mass is 10.1. The molecule has 0 atom stereocenters. The van der Waals surface area contributed by atoms with E-state index in [0.717, 1.165) is 5.56 Å². The van der Waals surface area contributed by atoms with Crippen LogP contribution in [-0.2, 0) is 0 Å². The van der Waals surface area contributed by atoms with Gasteiger partial charge in [0.05, 0.1) is 23.3 Å². The molecule has 156 valence electrons. The van der Waals surface area contributed by atoms with Gasteiger partial charge >= 0.3 is 0 Å². The zero-order valence-electron chi connectivity index (χ0n) is 17.3. The van der Waals surface area contributed by atoms with E-state index in [1.165, 1.54) is 28.6 Å². The van der Waals surface area contributed by atoms with Crippen molar-refractivity contribution in [1.29, 1.82) is 0 Å². The van der Waals surface area contributed by atoms with E-state index >= 15 is 0 Å². The highest BCUT2D eigenvalue weighted by Crippen LogP contribution is 2.23. The summed E-state index contributed by atoms with van der Waals surface area (Å²) in [6.07, 6.45) is 1.51. The van der Waals surface area contributed by atoms with Crippen molar-refractivity contribution in [3.8, 4) is 17.3 Å². The molecule has 0 spiro atoms. The maximum atomic E-state index is 13.1. The second-order valence-corrected chi connectivity index (χ2v) is 7.10. The van der Waals surface area contributed by atoms with Crippen LogP contribution in [0.4, 0.5) is 10.1 Å². The third-order valence-corrected chi connectivity index (χ3v) is 4.88. The van der Waals surface area contributed by atoms with E-state index in [4.69, 9.17) is 4.74 Å². The van der Waals surface area contributed by atoms with Gasteiger partial charge in [0.2, 0.25) is 5.88 Å². The number of amides is 1. The summed E-state index contributed by atoms with van der Waals surface area (Å²) in [6.45, 7) is 5.77. The molecule has 4 rings (SSSR count). The van der Waals surface area contributed by atoms with Gasteiger partial charge in [-0.05, 0) is 74.4 Å². The number of aryl methyl sites for hydroxylation is 2. The van der Waals surface area contributed by atoms with Gasteiger partial charge in [-0.3, -0.25) is 4.79 Å². The molecule has 0 aliphatic rings. The van der Waals surface area contributed by atoms with Crippen molar-refractivity contribution in [3.05, 3.63) is 89.1 Å². The average Bonchev–Trinajstić information content (AvgIpc) is 3.14. The van der Waals surface area contributed by atoms with Crippen LogP contribution in [0.2, 0.25) is 0 Å². The van der Waals surface area contributed by atoms with Gasteiger partial charge in [-0.2, -0.15) is 0 Å². The number of carbonyl (C=O) groups is 1. The van der Waals surface area contributed by atoms with Crippen molar-refractivity contribution in [2.75, 3.05) is 5.32 Å². The SMILES string of the molecule is Cc1ccc(Oc2ccc(NC(=O)c3nnn(-c4ccc(F)cc4)c3C)cn2)cc1C. The topological polar surface area (TPSA) is 81.9 Å². The first-order chi connectivity index (χ1) is 14.9. The Morgan fingerprint density at radius 3 is 2.45 bits per heavy atom. The smallest absolute Gasteiger partial charge is 0.278 e. The lowest BCUT2D eigenvalue weighted by Gasteiger charge is -2.08. The number of aromatic nitrogens is 4. The molecule has 2 aromatic carbocycles. The van der Waals surface area contributed by atoms with Gasteiger partial charge in [0, 0.05) is 6.07 Å². The van der Waals surface area contributed by atoms with Crippen molar-refractivity contribution in [3.63, 3.8) is 0 Å². The first kappa shape index (κ1) is 20.2. The molecule has 31 heavy (non-hydrogen) atoms. The predicted molar refractivity (Wildman–Crippen MR) is 114 cm³/mol. The van der Waals surface area contributed by atoms with Gasteiger partial charge in [-0.15, -0.1) is 5.10 Å². The first-order valence-corrected chi connectivity index (χ1v) is 9.61. The fourth-order valence-electron chi connectivity index (χ4n) is 2.97. The third kappa shape index (κ3) is 4.42. The predicted octanol–water partition coefficient (Wildman–Crippen LogP) is 4.77. The minimum Gasteiger partial charge on any atom is -0.439 e. The zero-order chi connectivity index (χ0) is 22.0. The molecule has 2 heterocycles. The molecule has 2 aromatic heterocycles. The molecule has 0 fully saturated rings. The molecule has 4 aromatic rings. The quantitative estimate of drug-likeness (QED) is 0.506. The van der Waals surface area contributed by atoms with Crippen LogP contribution in [0.1, 0.15) is 27.3 Å². The number of pyridine rings is 1. The van der Waals surface area contributed by atoms with E-state index < -0.39 is 5.91 Å². The number of nitrogens with one attached hydrogen (secondary N) is 1. The van der Waals surface area contributed by atoms with E-state index in [-0.39, 0.29) is 11.5 Å². The molecule has 1 amide bonds. The number of nitrogens with zero attached hydrogens (tertiary/aromatic N) is 4. The van der Waals surface area contributed by atoms with E-state index in [0.29, 0.717) is 28.7 Å². The van der Waals surface area contributed by atoms with E-state index in [1.807, 2.05) is 32.0 Å². The summed E-state index contributed by atoms with van der Waals surface area (Å²) < 4.78 is 20.4. The highest BCUT2D eigenvalue weighted by Gasteiger charge is 2.18. The molecule has 8 heteroatoms. The number of carbonyl (C=O) groups excluding carboxylic acids is 1.